The normalized spacial score (nSPS) is 20.3. The van der Waals surface area contributed by atoms with Gasteiger partial charge in [0, 0.05) is 38.1 Å². The summed E-state index contributed by atoms with van der Waals surface area (Å²) in [6.45, 7) is 3.60. The lowest BCUT2D eigenvalue weighted by Gasteiger charge is -2.33. The largest absolute Gasteiger partial charge is 0.481 e. The summed E-state index contributed by atoms with van der Waals surface area (Å²) in [6, 6.07) is 4.50. The number of aromatic nitrogens is 1. The number of carbonyl (C=O) groups is 1. The minimum Gasteiger partial charge on any atom is -0.481 e. The van der Waals surface area contributed by atoms with E-state index >= 15 is 0 Å². The van der Waals surface area contributed by atoms with Crippen LogP contribution in [0.5, 0.6) is 0 Å². The smallest absolute Gasteiger partial charge is 0.304 e. The predicted octanol–water partition coefficient (Wildman–Crippen LogP) is 1.11. The van der Waals surface area contributed by atoms with Gasteiger partial charge in [-0.05, 0) is 37.1 Å². The Morgan fingerprint density at radius 1 is 1.47 bits per heavy atom. The summed E-state index contributed by atoms with van der Waals surface area (Å²) in [4.78, 5) is 16.9. The molecule has 1 unspecified atom stereocenters. The second-order valence-corrected chi connectivity index (χ2v) is 5.03. The fourth-order valence-corrected chi connectivity index (χ4v) is 2.50. The first-order chi connectivity index (χ1) is 9.24. The van der Waals surface area contributed by atoms with Gasteiger partial charge in [-0.2, -0.15) is 0 Å². The number of carboxylic acids is 1. The van der Waals surface area contributed by atoms with Gasteiger partial charge in [0.25, 0.3) is 0 Å². The van der Waals surface area contributed by atoms with Gasteiger partial charge in [0.2, 0.25) is 0 Å². The first kappa shape index (κ1) is 14.0. The van der Waals surface area contributed by atoms with Gasteiger partial charge < -0.3 is 10.4 Å². The van der Waals surface area contributed by atoms with Crippen LogP contribution in [0.4, 0.5) is 0 Å². The maximum atomic E-state index is 10.5. The van der Waals surface area contributed by atoms with E-state index in [2.05, 4.69) is 15.2 Å². The number of aliphatic carboxylic acids is 1. The van der Waals surface area contributed by atoms with E-state index < -0.39 is 5.97 Å². The molecule has 1 fully saturated rings. The molecule has 1 aromatic rings. The highest BCUT2D eigenvalue weighted by molar-refractivity contribution is 5.66. The molecule has 0 saturated carbocycles. The van der Waals surface area contributed by atoms with E-state index in [1.54, 1.807) is 0 Å². The lowest BCUT2D eigenvalue weighted by atomic mass is 10.0. The predicted molar refractivity (Wildman–Crippen MR) is 72.8 cm³/mol. The summed E-state index contributed by atoms with van der Waals surface area (Å²) in [5.74, 6) is -0.739. The molecule has 19 heavy (non-hydrogen) atoms. The Kier molecular flexibility index (Phi) is 5.30. The third-order valence-electron chi connectivity index (χ3n) is 3.43. The summed E-state index contributed by atoms with van der Waals surface area (Å²) < 4.78 is 0. The highest BCUT2D eigenvalue weighted by Crippen LogP contribution is 2.13. The van der Waals surface area contributed by atoms with Crippen LogP contribution < -0.4 is 5.32 Å². The third kappa shape index (κ3) is 4.96. The molecule has 2 rings (SSSR count). The summed E-state index contributed by atoms with van der Waals surface area (Å²) in [7, 11) is 0. The molecule has 0 spiro atoms. The molecule has 5 nitrogen and oxygen atoms in total. The average Bonchev–Trinajstić information content (AvgIpc) is 2.40. The molecule has 1 aliphatic rings. The monoisotopic (exact) mass is 263 g/mol. The molecule has 2 heterocycles. The van der Waals surface area contributed by atoms with Gasteiger partial charge in [-0.3, -0.25) is 14.7 Å². The first-order valence-electron chi connectivity index (χ1n) is 6.80. The Morgan fingerprint density at radius 3 is 3.00 bits per heavy atom. The van der Waals surface area contributed by atoms with Crippen LogP contribution in [-0.2, 0) is 11.3 Å². The zero-order chi connectivity index (χ0) is 13.5. The molecule has 5 heteroatoms. The number of hydrogen-bond acceptors (Lipinski definition) is 4. The highest BCUT2D eigenvalue weighted by atomic mass is 16.4. The van der Waals surface area contributed by atoms with Crippen molar-refractivity contribution in [2.24, 2.45) is 0 Å². The highest BCUT2D eigenvalue weighted by Gasteiger charge is 2.19. The molecule has 104 valence electrons. The van der Waals surface area contributed by atoms with Gasteiger partial charge in [0.05, 0.1) is 6.42 Å². The summed E-state index contributed by atoms with van der Waals surface area (Å²) in [6.07, 6.45) is 6.13. The van der Waals surface area contributed by atoms with Crippen LogP contribution in [0.2, 0.25) is 0 Å². The number of nitrogens with one attached hydrogen (secondary N) is 1. The number of pyridine rings is 1. The molecule has 1 aromatic heterocycles. The van der Waals surface area contributed by atoms with E-state index in [0.717, 1.165) is 32.5 Å². The van der Waals surface area contributed by atoms with Crippen LogP contribution in [0.3, 0.4) is 0 Å². The van der Waals surface area contributed by atoms with Gasteiger partial charge in [0.15, 0.2) is 0 Å². The molecule has 0 aliphatic carbocycles. The molecule has 1 saturated heterocycles. The van der Waals surface area contributed by atoms with E-state index in [9.17, 15) is 4.79 Å². The molecular weight excluding hydrogens is 242 g/mol. The Labute approximate surface area is 113 Å². The SMILES string of the molecule is O=C(O)CCNC1CCCN(Cc2ccncc2)C1. The van der Waals surface area contributed by atoms with Gasteiger partial charge in [-0.15, -0.1) is 0 Å². The Hall–Kier alpha value is -1.46. The fourth-order valence-electron chi connectivity index (χ4n) is 2.50. The van der Waals surface area contributed by atoms with Gasteiger partial charge >= 0.3 is 5.97 Å². The zero-order valence-electron chi connectivity index (χ0n) is 11.1. The molecule has 1 atom stereocenters. The third-order valence-corrected chi connectivity index (χ3v) is 3.43. The quantitative estimate of drug-likeness (QED) is 0.805. The second-order valence-electron chi connectivity index (χ2n) is 5.03. The van der Waals surface area contributed by atoms with E-state index in [-0.39, 0.29) is 6.42 Å². The molecule has 0 aromatic carbocycles. The zero-order valence-corrected chi connectivity index (χ0v) is 11.1. The maximum Gasteiger partial charge on any atom is 0.304 e. The van der Waals surface area contributed by atoms with Crippen molar-refractivity contribution >= 4 is 5.97 Å². The van der Waals surface area contributed by atoms with Crippen LogP contribution in [0.15, 0.2) is 24.5 Å². The molecule has 1 aliphatic heterocycles. The van der Waals surface area contributed by atoms with Crippen molar-refractivity contribution in [3.63, 3.8) is 0 Å². The lowest BCUT2D eigenvalue weighted by Crippen LogP contribution is -2.45. The Morgan fingerprint density at radius 2 is 2.26 bits per heavy atom. The van der Waals surface area contributed by atoms with Crippen molar-refractivity contribution in [2.75, 3.05) is 19.6 Å². The van der Waals surface area contributed by atoms with E-state index in [4.69, 9.17) is 5.11 Å². The van der Waals surface area contributed by atoms with Crippen molar-refractivity contribution in [3.8, 4) is 0 Å². The Balaban J connectivity index is 1.75. The summed E-state index contributed by atoms with van der Waals surface area (Å²) >= 11 is 0. The standard InChI is InChI=1S/C14H21N3O2/c18-14(19)5-8-16-13-2-1-9-17(11-13)10-12-3-6-15-7-4-12/h3-4,6-7,13,16H,1-2,5,8-11H2,(H,18,19). The van der Waals surface area contributed by atoms with Crippen LogP contribution >= 0.6 is 0 Å². The average molecular weight is 263 g/mol. The van der Waals surface area contributed by atoms with E-state index in [0.29, 0.717) is 12.6 Å². The Bertz CT molecular complexity index is 397. The van der Waals surface area contributed by atoms with E-state index in [1.807, 2.05) is 24.5 Å². The van der Waals surface area contributed by atoms with Crippen molar-refractivity contribution in [1.82, 2.24) is 15.2 Å². The van der Waals surface area contributed by atoms with Crippen LogP contribution in [0.25, 0.3) is 0 Å². The number of nitrogens with zero attached hydrogens (tertiary/aromatic N) is 2. The second kappa shape index (κ2) is 7.21. The van der Waals surface area contributed by atoms with Gasteiger partial charge in [0.1, 0.15) is 0 Å². The fraction of sp³-hybridized carbons (Fsp3) is 0.571. The topological polar surface area (TPSA) is 65.5 Å². The number of carboxylic acid groups (broad SMARTS) is 1. The molecule has 0 amide bonds. The number of hydrogen-bond donors (Lipinski definition) is 2. The molecule has 0 bridgehead atoms. The van der Waals surface area contributed by atoms with Crippen LogP contribution in [-0.4, -0.2) is 46.6 Å². The lowest BCUT2D eigenvalue weighted by molar-refractivity contribution is -0.136. The summed E-state index contributed by atoms with van der Waals surface area (Å²) in [5, 5.41) is 12.0. The van der Waals surface area contributed by atoms with Gasteiger partial charge in [-0.25, -0.2) is 0 Å². The number of rotatable bonds is 6. The van der Waals surface area contributed by atoms with Crippen molar-refractivity contribution in [2.45, 2.75) is 31.8 Å². The minimum absolute atomic E-state index is 0.195. The first-order valence-corrected chi connectivity index (χ1v) is 6.80. The molecule has 2 N–H and O–H groups in total. The van der Waals surface area contributed by atoms with Gasteiger partial charge in [-0.1, -0.05) is 0 Å². The van der Waals surface area contributed by atoms with Crippen LogP contribution in [0.1, 0.15) is 24.8 Å². The van der Waals surface area contributed by atoms with Crippen LogP contribution in [0, 0.1) is 0 Å². The number of piperidine rings is 1. The minimum atomic E-state index is -0.739. The maximum absolute atomic E-state index is 10.5. The molecule has 0 radical (unpaired) electrons. The van der Waals surface area contributed by atoms with E-state index in [1.165, 1.54) is 5.56 Å². The van der Waals surface area contributed by atoms with Crippen molar-refractivity contribution in [3.05, 3.63) is 30.1 Å². The number of likely N-dealkylation sites (tertiary alicyclic amines) is 1. The van der Waals surface area contributed by atoms with Crippen molar-refractivity contribution in [1.29, 1.82) is 0 Å². The molecular formula is C14H21N3O2. The van der Waals surface area contributed by atoms with Crippen molar-refractivity contribution < 1.29 is 9.90 Å². The summed E-state index contributed by atoms with van der Waals surface area (Å²) in [5.41, 5.74) is 1.28.